The molecule has 1 atom stereocenters. The maximum atomic E-state index is 8.51. The molecule has 0 aliphatic carbocycles. The molecule has 3 heteroatoms. The fraction of sp³-hybridized carbons (Fsp3) is 0.125. The van der Waals surface area contributed by atoms with Gasteiger partial charge in [-0.15, -0.1) is 11.6 Å². The van der Waals surface area contributed by atoms with Crippen LogP contribution in [0.2, 0.25) is 0 Å². The third kappa shape index (κ3) is 1.95. The van der Waals surface area contributed by atoms with Crippen LogP contribution in [0.15, 0.2) is 28.7 Å². The fourth-order valence-electron chi connectivity index (χ4n) is 0.750. The number of hydrogen-bond acceptors (Lipinski definition) is 1. The van der Waals surface area contributed by atoms with Gasteiger partial charge >= 0.3 is 0 Å². The molecule has 0 radical (unpaired) electrons. The smallest absolute Gasteiger partial charge is 0.146 e. The molecule has 0 saturated heterocycles. The summed E-state index contributed by atoms with van der Waals surface area (Å²) in [4.78, 5) is 0. The lowest BCUT2D eigenvalue weighted by atomic mass is 10.2. The molecule has 1 aromatic rings. The number of nitriles is 1. The van der Waals surface area contributed by atoms with Gasteiger partial charge in [0.15, 0.2) is 0 Å². The van der Waals surface area contributed by atoms with E-state index in [4.69, 9.17) is 16.9 Å². The maximum absolute atomic E-state index is 8.51. The summed E-state index contributed by atoms with van der Waals surface area (Å²) >= 11 is 9.01. The molecular formula is C8H5BrClN. The second kappa shape index (κ2) is 3.75. The van der Waals surface area contributed by atoms with Gasteiger partial charge in [-0.2, -0.15) is 5.26 Å². The first-order valence-corrected chi connectivity index (χ1v) is 4.26. The zero-order valence-electron chi connectivity index (χ0n) is 5.59. The average Bonchev–Trinajstić information content (AvgIpc) is 2.04. The Bertz CT molecular complexity index is 292. The van der Waals surface area contributed by atoms with Crippen molar-refractivity contribution in [3.63, 3.8) is 0 Å². The number of hydrogen-bond donors (Lipinski definition) is 0. The van der Waals surface area contributed by atoms with Crippen LogP contribution in [0.5, 0.6) is 0 Å². The van der Waals surface area contributed by atoms with Crippen molar-refractivity contribution in [2.24, 2.45) is 0 Å². The van der Waals surface area contributed by atoms with Crippen molar-refractivity contribution in [1.29, 1.82) is 5.26 Å². The summed E-state index contributed by atoms with van der Waals surface area (Å²) in [5.74, 6) is 0. The lowest BCUT2D eigenvalue weighted by molar-refractivity contribution is 1.20. The van der Waals surface area contributed by atoms with Crippen LogP contribution < -0.4 is 0 Å². The van der Waals surface area contributed by atoms with E-state index in [0.717, 1.165) is 10.0 Å². The van der Waals surface area contributed by atoms with Crippen LogP contribution in [0.25, 0.3) is 0 Å². The Balaban J connectivity index is 3.05. The number of benzene rings is 1. The van der Waals surface area contributed by atoms with Crippen molar-refractivity contribution in [2.75, 3.05) is 0 Å². The van der Waals surface area contributed by atoms with Crippen molar-refractivity contribution >= 4 is 27.5 Å². The fourth-order valence-corrected chi connectivity index (χ4v) is 1.59. The maximum Gasteiger partial charge on any atom is 0.146 e. The van der Waals surface area contributed by atoms with E-state index in [2.05, 4.69) is 15.9 Å². The largest absolute Gasteiger partial charge is 0.196 e. The van der Waals surface area contributed by atoms with Gasteiger partial charge in [0.05, 0.1) is 6.07 Å². The van der Waals surface area contributed by atoms with Gasteiger partial charge in [0.2, 0.25) is 0 Å². The average molecular weight is 230 g/mol. The zero-order valence-corrected chi connectivity index (χ0v) is 7.93. The van der Waals surface area contributed by atoms with Gasteiger partial charge in [-0.3, -0.25) is 0 Å². The van der Waals surface area contributed by atoms with Gasteiger partial charge in [-0.1, -0.05) is 34.1 Å². The second-order valence-electron chi connectivity index (χ2n) is 2.01. The minimum absolute atomic E-state index is 0.564. The van der Waals surface area contributed by atoms with Gasteiger partial charge in [0, 0.05) is 4.47 Å². The summed E-state index contributed by atoms with van der Waals surface area (Å²) < 4.78 is 0.876. The van der Waals surface area contributed by atoms with Crippen molar-refractivity contribution in [2.45, 2.75) is 5.38 Å². The quantitative estimate of drug-likeness (QED) is 0.680. The van der Waals surface area contributed by atoms with Crippen molar-refractivity contribution in [3.05, 3.63) is 34.3 Å². The van der Waals surface area contributed by atoms with Crippen molar-refractivity contribution in [3.8, 4) is 6.07 Å². The van der Waals surface area contributed by atoms with E-state index >= 15 is 0 Å². The van der Waals surface area contributed by atoms with Gasteiger partial charge in [0.1, 0.15) is 5.38 Å². The lowest BCUT2D eigenvalue weighted by Gasteiger charge is -2.01. The SMILES string of the molecule is N#C[C@@H](Cl)c1ccccc1Br. The molecule has 0 amide bonds. The summed E-state index contributed by atoms with van der Waals surface area (Å²) in [5, 5.41) is 7.95. The molecule has 0 bridgehead atoms. The highest BCUT2D eigenvalue weighted by Crippen LogP contribution is 2.26. The molecule has 0 aliphatic heterocycles. The second-order valence-corrected chi connectivity index (χ2v) is 3.30. The number of halogens is 2. The van der Waals surface area contributed by atoms with Crippen LogP contribution in [-0.4, -0.2) is 0 Å². The van der Waals surface area contributed by atoms with Crippen LogP contribution in [0.3, 0.4) is 0 Å². The number of alkyl halides is 1. The topological polar surface area (TPSA) is 23.8 Å². The Morgan fingerprint density at radius 1 is 1.45 bits per heavy atom. The molecule has 0 aliphatic rings. The Morgan fingerprint density at radius 3 is 2.64 bits per heavy atom. The van der Waals surface area contributed by atoms with Crippen molar-refractivity contribution < 1.29 is 0 Å². The van der Waals surface area contributed by atoms with E-state index in [-0.39, 0.29) is 0 Å². The molecule has 0 aromatic heterocycles. The van der Waals surface area contributed by atoms with Crippen LogP contribution in [-0.2, 0) is 0 Å². The molecular weight excluding hydrogens is 225 g/mol. The van der Waals surface area contributed by atoms with E-state index in [1.165, 1.54) is 0 Å². The molecule has 0 saturated carbocycles. The molecule has 56 valence electrons. The summed E-state index contributed by atoms with van der Waals surface area (Å²) in [5.41, 5.74) is 0.816. The van der Waals surface area contributed by atoms with Crippen LogP contribution in [0.4, 0.5) is 0 Å². The van der Waals surface area contributed by atoms with Gasteiger partial charge in [0.25, 0.3) is 0 Å². The van der Waals surface area contributed by atoms with E-state index in [1.807, 2.05) is 30.3 Å². The highest BCUT2D eigenvalue weighted by atomic mass is 79.9. The van der Waals surface area contributed by atoms with Gasteiger partial charge in [-0.25, -0.2) is 0 Å². The third-order valence-corrected chi connectivity index (χ3v) is 2.35. The summed E-state index contributed by atoms with van der Waals surface area (Å²) in [6, 6.07) is 9.38. The Labute approximate surface area is 78.7 Å². The standard InChI is InChI=1S/C8H5BrClN/c9-7-4-2-1-3-6(7)8(10)5-11/h1-4,8H/t8-/m1/s1. The van der Waals surface area contributed by atoms with E-state index in [0.29, 0.717) is 0 Å². The van der Waals surface area contributed by atoms with E-state index < -0.39 is 5.38 Å². The van der Waals surface area contributed by atoms with Crippen LogP contribution in [0.1, 0.15) is 10.9 Å². The molecule has 1 aromatic carbocycles. The van der Waals surface area contributed by atoms with Gasteiger partial charge in [-0.05, 0) is 11.6 Å². The highest BCUT2D eigenvalue weighted by Gasteiger charge is 2.08. The number of rotatable bonds is 1. The number of nitrogens with zero attached hydrogens (tertiary/aromatic N) is 1. The zero-order chi connectivity index (χ0) is 8.27. The predicted molar refractivity (Wildman–Crippen MR) is 48.3 cm³/mol. The molecule has 0 fully saturated rings. The Morgan fingerprint density at radius 2 is 2.09 bits per heavy atom. The first-order valence-electron chi connectivity index (χ1n) is 3.04. The summed E-state index contributed by atoms with van der Waals surface area (Å²) in [7, 11) is 0. The van der Waals surface area contributed by atoms with E-state index in [9.17, 15) is 0 Å². The molecule has 0 N–H and O–H groups in total. The molecule has 1 nitrogen and oxygen atoms in total. The monoisotopic (exact) mass is 229 g/mol. The molecule has 1 rings (SSSR count). The molecule has 0 spiro atoms. The lowest BCUT2D eigenvalue weighted by Crippen LogP contribution is -1.86. The van der Waals surface area contributed by atoms with Gasteiger partial charge < -0.3 is 0 Å². The summed E-state index contributed by atoms with van der Waals surface area (Å²) in [6.45, 7) is 0. The Kier molecular flexibility index (Phi) is 2.92. The van der Waals surface area contributed by atoms with Crippen LogP contribution in [0, 0.1) is 11.3 Å². The molecule has 11 heavy (non-hydrogen) atoms. The third-order valence-electron chi connectivity index (χ3n) is 1.29. The first kappa shape index (κ1) is 8.58. The minimum atomic E-state index is -0.564. The summed E-state index contributed by atoms with van der Waals surface area (Å²) in [6.07, 6.45) is 0. The highest BCUT2D eigenvalue weighted by molar-refractivity contribution is 9.10. The van der Waals surface area contributed by atoms with E-state index in [1.54, 1.807) is 0 Å². The van der Waals surface area contributed by atoms with Crippen molar-refractivity contribution in [1.82, 2.24) is 0 Å². The van der Waals surface area contributed by atoms with Crippen LogP contribution >= 0.6 is 27.5 Å². The molecule has 0 unspecified atom stereocenters. The normalized spacial score (nSPS) is 12.1. The first-order chi connectivity index (χ1) is 5.25. The Hall–Kier alpha value is -0.520. The molecule has 0 heterocycles. The predicted octanol–water partition coefficient (Wildman–Crippen LogP) is 3.25. The minimum Gasteiger partial charge on any atom is -0.196 e.